The summed E-state index contributed by atoms with van der Waals surface area (Å²) in [5.41, 5.74) is -0.418. The van der Waals surface area contributed by atoms with Crippen molar-refractivity contribution in [3.63, 3.8) is 0 Å². The average Bonchev–Trinajstić information content (AvgIpc) is 2.46. The summed E-state index contributed by atoms with van der Waals surface area (Å²) in [6.45, 7) is -0.435. The second kappa shape index (κ2) is 3.38. The zero-order valence-corrected chi connectivity index (χ0v) is 7.83. The standard InChI is InChI=1S/C10H4F2N2O2/c11-7-3-5-6(4-8(7)12)10(16)14(2-1-13)9(5)15/h3-4H,2H2. The summed E-state index contributed by atoms with van der Waals surface area (Å²) in [5, 5.41) is 8.41. The van der Waals surface area contributed by atoms with E-state index in [4.69, 9.17) is 5.26 Å². The maximum absolute atomic E-state index is 12.9. The first kappa shape index (κ1) is 10.2. The van der Waals surface area contributed by atoms with Crippen LogP contribution in [0.5, 0.6) is 0 Å². The molecule has 0 aliphatic carbocycles. The Balaban J connectivity index is 2.57. The molecule has 80 valence electrons. The van der Waals surface area contributed by atoms with Gasteiger partial charge in [-0.15, -0.1) is 0 Å². The molecule has 0 N–H and O–H groups in total. The third-order valence-electron chi connectivity index (χ3n) is 2.24. The van der Waals surface area contributed by atoms with Gasteiger partial charge in [0.05, 0.1) is 17.2 Å². The fourth-order valence-electron chi connectivity index (χ4n) is 1.50. The van der Waals surface area contributed by atoms with E-state index in [-0.39, 0.29) is 11.1 Å². The van der Waals surface area contributed by atoms with E-state index in [2.05, 4.69) is 0 Å². The maximum Gasteiger partial charge on any atom is 0.262 e. The molecule has 0 bridgehead atoms. The highest BCUT2D eigenvalue weighted by Gasteiger charge is 2.36. The molecule has 0 unspecified atom stereocenters. The highest BCUT2D eigenvalue weighted by Crippen LogP contribution is 2.24. The Kier molecular flexibility index (Phi) is 2.16. The molecule has 1 aromatic rings. The second-order valence-electron chi connectivity index (χ2n) is 3.17. The Morgan fingerprint density at radius 3 is 1.94 bits per heavy atom. The van der Waals surface area contributed by atoms with E-state index < -0.39 is 30.0 Å². The summed E-state index contributed by atoms with van der Waals surface area (Å²) >= 11 is 0. The normalized spacial score (nSPS) is 13.9. The van der Waals surface area contributed by atoms with E-state index in [1.807, 2.05) is 0 Å². The molecule has 0 fully saturated rings. The van der Waals surface area contributed by atoms with E-state index in [0.717, 1.165) is 0 Å². The van der Waals surface area contributed by atoms with Gasteiger partial charge >= 0.3 is 0 Å². The molecule has 6 heteroatoms. The topological polar surface area (TPSA) is 61.2 Å². The molecular formula is C10H4F2N2O2. The Hall–Kier alpha value is -2.29. The number of carbonyl (C=O) groups is 2. The largest absolute Gasteiger partial charge is 0.269 e. The van der Waals surface area contributed by atoms with Gasteiger partial charge in [0.25, 0.3) is 11.8 Å². The lowest BCUT2D eigenvalue weighted by Gasteiger charge is -2.06. The maximum atomic E-state index is 12.9. The van der Waals surface area contributed by atoms with Crippen molar-refractivity contribution in [1.82, 2.24) is 4.90 Å². The van der Waals surface area contributed by atoms with Crippen molar-refractivity contribution in [2.45, 2.75) is 0 Å². The van der Waals surface area contributed by atoms with Gasteiger partial charge in [0, 0.05) is 0 Å². The molecule has 16 heavy (non-hydrogen) atoms. The lowest BCUT2D eigenvalue weighted by Crippen LogP contribution is -2.29. The minimum Gasteiger partial charge on any atom is -0.269 e. The number of fused-ring (bicyclic) bond motifs is 1. The zero-order chi connectivity index (χ0) is 11.9. The quantitative estimate of drug-likeness (QED) is 0.527. The number of rotatable bonds is 1. The molecule has 1 aromatic carbocycles. The number of amides is 2. The Labute approximate surface area is 88.7 Å². The molecule has 0 radical (unpaired) electrons. The fraction of sp³-hybridized carbons (Fsp3) is 0.100. The first-order valence-corrected chi connectivity index (χ1v) is 4.28. The summed E-state index contributed by atoms with van der Waals surface area (Å²) in [6.07, 6.45) is 0. The van der Waals surface area contributed by atoms with Crippen LogP contribution in [-0.4, -0.2) is 23.3 Å². The van der Waals surface area contributed by atoms with Gasteiger partial charge in [-0.1, -0.05) is 0 Å². The van der Waals surface area contributed by atoms with Crippen molar-refractivity contribution in [2.24, 2.45) is 0 Å². The summed E-state index contributed by atoms with van der Waals surface area (Å²) in [5.74, 6) is -3.95. The summed E-state index contributed by atoms with van der Waals surface area (Å²) in [6, 6.07) is 2.97. The van der Waals surface area contributed by atoms with Crippen molar-refractivity contribution in [3.05, 3.63) is 34.9 Å². The number of hydrogen-bond donors (Lipinski definition) is 0. The number of imide groups is 1. The first-order valence-electron chi connectivity index (χ1n) is 4.28. The monoisotopic (exact) mass is 222 g/mol. The minimum atomic E-state index is -1.20. The summed E-state index contributed by atoms with van der Waals surface area (Å²) in [4.78, 5) is 23.7. The number of hydrogen-bond acceptors (Lipinski definition) is 3. The molecular weight excluding hydrogens is 218 g/mol. The van der Waals surface area contributed by atoms with Crippen LogP contribution in [0, 0.1) is 23.0 Å². The summed E-state index contributed by atoms with van der Waals surface area (Å²) in [7, 11) is 0. The van der Waals surface area contributed by atoms with Crippen molar-refractivity contribution in [2.75, 3.05) is 6.54 Å². The van der Waals surface area contributed by atoms with Crippen molar-refractivity contribution in [3.8, 4) is 6.07 Å². The van der Waals surface area contributed by atoms with Gasteiger partial charge in [-0.05, 0) is 12.1 Å². The second-order valence-corrected chi connectivity index (χ2v) is 3.17. The Bertz CT molecular complexity index is 507. The van der Waals surface area contributed by atoms with Crippen molar-refractivity contribution >= 4 is 11.8 Å². The predicted molar refractivity (Wildman–Crippen MR) is 47.3 cm³/mol. The molecule has 1 aliphatic rings. The predicted octanol–water partition coefficient (Wildman–Crippen LogP) is 1.08. The van der Waals surface area contributed by atoms with E-state index >= 15 is 0 Å². The first-order chi connectivity index (χ1) is 7.56. The van der Waals surface area contributed by atoms with Crippen LogP contribution in [0.4, 0.5) is 8.78 Å². The fourth-order valence-corrected chi connectivity index (χ4v) is 1.50. The number of nitrogens with zero attached hydrogens (tertiary/aromatic N) is 2. The van der Waals surface area contributed by atoms with Crippen LogP contribution in [0.2, 0.25) is 0 Å². The molecule has 0 atom stereocenters. The molecule has 1 heterocycles. The van der Waals surface area contributed by atoms with Gasteiger partial charge in [0.1, 0.15) is 6.54 Å². The number of nitriles is 1. The third-order valence-corrected chi connectivity index (χ3v) is 2.24. The Morgan fingerprint density at radius 1 is 1.12 bits per heavy atom. The highest BCUT2D eigenvalue weighted by atomic mass is 19.2. The van der Waals surface area contributed by atoms with Gasteiger partial charge in [-0.2, -0.15) is 5.26 Å². The number of halogens is 2. The molecule has 0 saturated carbocycles. The van der Waals surface area contributed by atoms with E-state index in [1.165, 1.54) is 0 Å². The molecule has 0 saturated heterocycles. The Morgan fingerprint density at radius 2 is 1.56 bits per heavy atom. The molecule has 0 spiro atoms. The van der Waals surface area contributed by atoms with Gasteiger partial charge in [0.2, 0.25) is 0 Å². The molecule has 1 aliphatic heterocycles. The van der Waals surface area contributed by atoms with E-state index in [9.17, 15) is 18.4 Å². The van der Waals surface area contributed by atoms with Crippen LogP contribution in [0.25, 0.3) is 0 Å². The van der Waals surface area contributed by atoms with Crippen LogP contribution in [0.15, 0.2) is 12.1 Å². The van der Waals surface area contributed by atoms with Gasteiger partial charge < -0.3 is 0 Å². The molecule has 4 nitrogen and oxygen atoms in total. The van der Waals surface area contributed by atoms with Crippen LogP contribution in [-0.2, 0) is 0 Å². The summed E-state index contributed by atoms with van der Waals surface area (Å²) < 4.78 is 25.7. The SMILES string of the molecule is N#CCN1C(=O)c2cc(F)c(F)cc2C1=O. The number of carbonyl (C=O) groups excluding carboxylic acids is 2. The average molecular weight is 222 g/mol. The molecule has 2 amide bonds. The lowest BCUT2D eigenvalue weighted by atomic mass is 10.1. The van der Waals surface area contributed by atoms with Crippen molar-refractivity contribution < 1.29 is 18.4 Å². The highest BCUT2D eigenvalue weighted by molar-refractivity contribution is 6.21. The van der Waals surface area contributed by atoms with Crippen LogP contribution < -0.4 is 0 Å². The molecule has 0 aromatic heterocycles. The number of benzene rings is 1. The van der Waals surface area contributed by atoms with Gasteiger partial charge in [-0.25, -0.2) is 8.78 Å². The van der Waals surface area contributed by atoms with Gasteiger partial charge in [-0.3, -0.25) is 14.5 Å². The third kappa shape index (κ3) is 1.26. The minimum absolute atomic E-state index is 0.209. The zero-order valence-electron chi connectivity index (χ0n) is 7.83. The van der Waals surface area contributed by atoms with Crippen LogP contribution in [0.3, 0.4) is 0 Å². The lowest BCUT2D eigenvalue weighted by molar-refractivity contribution is 0.0674. The van der Waals surface area contributed by atoms with E-state index in [0.29, 0.717) is 17.0 Å². The molecule has 2 rings (SSSR count). The smallest absolute Gasteiger partial charge is 0.262 e. The van der Waals surface area contributed by atoms with Crippen LogP contribution in [0.1, 0.15) is 20.7 Å². The van der Waals surface area contributed by atoms with Gasteiger partial charge in [0.15, 0.2) is 11.6 Å². The van der Waals surface area contributed by atoms with Crippen molar-refractivity contribution in [1.29, 1.82) is 5.26 Å². The van der Waals surface area contributed by atoms with E-state index in [1.54, 1.807) is 6.07 Å². The van der Waals surface area contributed by atoms with Crippen LogP contribution >= 0.6 is 0 Å².